The summed E-state index contributed by atoms with van der Waals surface area (Å²) in [6.07, 6.45) is 1.95. The second-order valence-corrected chi connectivity index (χ2v) is 3.52. The van der Waals surface area contributed by atoms with Crippen LogP contribution in [0.15, 0.2) is 12.2 Å². The second-order valence-electron chi connectivity index (χ2n) is 3.52. The Balaban J connectivity index is 2.75. The third-order valence-electron chi connectivity index (χ3n) is 2.80. The van der Waals surface area contributed by atoms with Gasteiger partial charge in [-0.3, -0.25) is 4.90 Å². The van der Waals surface area contributed by atoms with Crippen molar-refractivity contribution in [2.75, 3.05) is 20.2 Å². The molecule has 64 valence electrons. The standard InChI is InChI=1S/C9H17NO/c1-4-9(7-11)5-8(2)6-10(9)3/h11H,2,4-7H2,1,3H3/t9-/m0/s1. The summed E-state index contributed by atoms with van der Waals surface area (Å²) >= 11 is 0. The molecule has 1 aliphatic rings. The summed E-state index contributed by atoms with van der Waals surface area (Å²) < 4.78 is 0. The summed E-state index contributed by atoms with van der Waals surface area (Å²) in [5, 5.41) is 9.22. The van der Waals surface area contributed by atoms with E-state index in [0.717, 1.165) is 19.4 Å². The van der Waals surface area contributed by atoms with Gasteiger partial charge in [-0.15, -0.1) is 0 Å². The van der Waals surface area contributed by atoms with Gasteiger partial charge in [0.15, 0.2) is 0 Å². The number of likely N-dealkylation sites (tertiary alicyclic amines) is 1. The Morgan fingerprint density at radius 1 is 1.73 bits per heavy atom. The number of hydrogen-bond acceptors (Lipinski definition) is 2. The molecular formula is C9H17NO. The van der Waals surface area contributed by atoms with Crippen LogP contribution < -0.4 is 0 Å². The van der Waals surface area contributed by atoms with E-state index in [1.165, 1.54) is 5.57 Å². The van der Waals surface area contributed by atoms with Crippen LogP contribution in [-0.2, 0) is 0 Å². The van der Waals surface area contributed by atoms with E-state index in [9.17, 15) is 5.11 Å². The molecule has 1 rings (SSSR count). The van der Waals surface area contributed by atoms with Gasteiger partial charge in [0.05, 0.1) is 6.61 Å². The van der Waals surface area contributed by atoms with Gasteiger partial charge in [-0.2, -0.15) is 0 Å². The minimum Gasteiger partial charge on any atom is -0.394 e. The molecule has 1 atom stereocenters. The van der Waals surface area contributed by atoms with Crippen molar-refractivity contribution in [2.45, 2.75) is 25.3 Å². The van der Waals surface area contributed by atoms with E-state index in [0.29, 0.717) is 0 Å². The molecule has 0 aliphatic carbocycles. The number of likely N-dealkylation sites (N-methyl/N-ethyl adjacent to an activating group) is 1. The SMILES string of the molecule is C=C1CN(C)[C@](CC)(CO)C1. The first kappa shape index (κ1) is 8.75. The van der Waals surface area contributed by atoms with E-state index >= 15 is 0 Å². The predicted octanol–water partition coefficient (Wildman–Crippen LogP) is 1.02. The van der Waals surface area contributed by atoms with Crippen molar-refractivity contribution in [3.63, 3.8) is 0 Å². The van der Waals surface area contributed by atoms with Gasteiger partial charge in [-0.05, 0) is 19.9 Å². The maximum Gasteiger partial charge on any atom is 0.0618 e. The molecule has 0 amide bonds. The van der Waals surface area contributed by atoms with Crippen molar-refractivity contribution in [3.8, 4) is 0 Å². The van der Waals surface area contributed by atoms with Crippen LogP contribution in [0.3, 0.4) is 0 Å². The molecule has 0 saturated carbocycles. The third kappa shape index (κ3) is 1.33. The van der Waals surface area contributed by atoms with Crippen LogP contribution >= 0.6 is 0 Å². The van der Waals surface area contributed by atoms with Crippen LogP contribution in [0.2, 0.25) is 0 Å². The van der Waals surface area contributed by atoms with Crippen LogP contribution in [0.1, 0.15) is 19.8 Å². The largest absolute Gasteiger partial charge is 0.394 e. The van der Waals surface area contributed by atoms with Crippen LogP contribution in [0.25, 0.3) is 0 Å². The molecule has 0 unspecified atom stereocenters. The van der Waals surface area contributed by atoms with Gasteiger partial charge in [0.25, 0.3) is 0 Å². The molecule has 11 heavy (non-hydrogen) atoms. The quantitative estimate of drug-likeness (QED) is 0.602. The Hall–Kier alpha value is -0.340. The average Bonchev–Trinajstić information content (AvgIpc) is 2.27. The first-order valence-corrected chi connectivity index (χ1v) is 4.13. The van der Waals surface area contributed by atoms with Gasteiger partial charge in [-0.25, -0.2) is 0 Å². The molecule has 0 bridgehead atoms. The van der Waals surface area contributed by atoms with E-state index < -0.39 is 0 Å². The monoisotopic (exact) mass is 155 g/mol. The van der Waals surface area contributed by atoms with Crippen molar-refractivity contribution >= 4 is 0 Å². The van der Waals surface area contributed by atoms with Crippen LogP contribution in [0.4, 0.5) is 0 Å². The molecule has 1 N–H and O–H groups in total. The van der Waals surface area contributed by atoms with Gasteiger partial charge in [0.1, 0.15) is 0 Å². The van der Waals surface area contributed by atoms with Gasteiger partial charge < -0.3 is 5.11 Å². The Morgan fingerprint density at radius 3 is 2.55 bits per heavy atom. The lowest BCUT2D eigenvalue weighted by Gasteiger charge is -2.32. The minimum absolute atomic E-state index is 0.00289. The molecule has 1 fully saturated rings. The zero-order valence-electron chi connectivity index (χ0n) is 7.43. The van der Waals surface area contributed by atoms with Crippen molar-refractivity contribution in [2.24, 2.45) is 0 Å². The number of rotatable bonds is 2. The number of hydrogen-bond donors (Lipinski definition) is 1. The minimum atomic E-state index is -0.00289. The lowest BCUT2D eigenvalue weighted by Crippen LogP contribution is -2.43. The Kier molecular flexibility index (Phi) is 2.35. The first-order valence-electron chi connectivity index (χ1n) is 4.13. The number of aliphatic hydroxyl groups is 1. The normalized spacial score (nSPS) is 33.2. The Labute approximate surface area is 68.5 Å². The van der Waals surface area contributed by atoms with E-state index in [1.807, 2.05) is 0 Å². The first-order chi connectivity index (χ1) is 5.14. The molecule has 0 radical (unpaired) electrons. The summed E-state index contributed by atoms with van der Waals surface area (Å²) in [6, 6.07) is 0. The molecule has 2 heteroatoms. The van der Waals surface area contributed by atoms with Crippen LogP contribution in [0.5, 0.6) is 0 Å². The highest BCUT2D eigenvalue weighted by molar-refractivity contribution is 5.14. The topological polar surface area (TPSA) is 23.5 Å². The maximum atomic E-state index is 9.22. The fraction of sp³-hybridized carbons (Fsp3) is 0.778. The number of nitrogens with zero attached hydrogens (tertiary/aromatic N) is 1. The summed E-state index contributed by atoms with van der Waals surface area (Å²) in [4.78, 5) is 2.20. The zero-order valence-corrected chi connectivity index (χ0v) is 7.43. The van der Waals surface area contributed by atoms with Crippen LogP contribution in [0, 0.1) is 0 Å². The molecule has 0 aromatic carbocycles. The molecule has 0 spiro atoms. The van der Waals surface area contributed by atoms with E-state index in [1.54, 1.807) is 0 Å². The van der Waals surface area contributed by atoms with E-state index in [-0.39, 0.29) is 12.1 Å². The predicted molar refractivity (Wildman–Crippen MR) is 46.5 cm³/mol. The van der Waals surface area contributed by atoms with Crippen LogP contribution in [-0.4, -0.2) is 35.7 Å². The highest BCUT2D eigenvalue weighted by atomic mass is 16.3. The highest BCUT2D eigenvalue weighted by Gasteiger charge is 2.37. The molecule has 1 saturated heterocycles. The molecule has 2 nitrogen and oxygen atoms in total. The molecule has 0 aromatic heterocycles. The van der Waals surface area contributed by atoms with Gasteiger partial charge in [0.2, 0.25) is 0 Å². The summed E-state index contributed by atoms with van der Waals surface area (Å²) in [5.41, 5.74) is 1.24. The molecule has 0 aromatic rings. The van der Waals surface area contributed by atoms with Gasteiger partial charge in [-0.1, -0.05) is 19.1 Å². The van der Waals surface area contributed by atoms with Crippen molar-refractivity contribution in [1.82, 2.24) is 4.90 Å². The van der Waals surface area contributed by atoms with Crippen molar-refractivity contribution < 1.29 is 5.11 Å². The fourth-order valence-electron chi connectivity index (χ4n) is 1.84. The Morgan fingerprint density at radius 2 is 2.36 bits per heavy atom. The lowest BCUT2D eigenvalue weighted by atomic mass is 9.93. The maximum absolute atomic E-state index is 9.22. The fourth-order valence-corrected chi connectivity index (χ4v) is 1.84. The second kappa shape index (κ2) is 2.95. The molecule has 1 heterocycles. The summed E-state index contributed by atoms with van der Waals surface area (Å²) in [6.45, 7) is 7.25. The van der Waals surface area contributed by atoms with Crippen molar-refractivity contribution in [1.29, 1.82) is 0 Å². The summed E-state index contributed by atoms with van der Waals surface area (Å²) in [5.74, 6) is 0. The average molecular weight is 155 g/mol. The van der Waals surface area contributed by atoms with Gasteiger partial charge in [0, 0.05) is 12.1 Å². The lowest BCUT2D eigenvalue weighted by molar-refractivity contribution is 0.0805. The Bertz CT molecular complexity index is 161. The molecule has 1 aliphatic heterocycles. The van der Waals surface area contributed by atoms with E-state index in [4.69, 9.17) is 0 Å². The summed E-state index contributed by atoms with van der Waals surface area (Å²) in [7, 11) is 2.05. The van der Waals surface area contributed by atoms with E-state index in [2.05, 4.69) is 25.5 Å². The highest BCUT2D eigenvalue weighted by Crippen LogP contribution is 2.32. The van der Waals surface area contributed by atoms with Crippen molar-refractivity contribution in [3.05, 3.63) is 12.2 Å². The smallest absolute Gasteiger partial charge is 0.0618 e. The zero-order chi connectivity index (χ0) is 8.48. The van der Waals surface area contributed by atoms with Gasteiger partial charge >= 0.3 is 0 Å². The number of aliphatic hydroxyl groups excluding tert-OH is 1. The molecular weight excluding hydrogens is 138 g/mol. The third-order valence-corrected chi connectivity index (χ3v) is 2.80.